The number of nitrogens with one attached hydrogen (secondary N) is 1. The van der Waals surface area contributed by atoms with Crippen LogP contribution in [0.2, 0.25) is 0 Å². The van der Waals surface area contributed by atoms with E-state index in [0.717, 1.165) is 16.5 Å². The smallest absolute Gasteiger partial charge is 0.0208 e. The molecule has 0 bridgehead atoms. The van der Waals surface area contributed by atoms with Crippen molar-refractivity contribution >= 4 is 11.8 Å². The van der Waals surface area contributed by atoms with Gasteiger partial charge in [-0.05, 0) is 42.9 Å². The van der Waals surface area contributed by atoms with Gasteiger partial charge >= 0.3 is 0 Å². The topological polar surface area (TPSA) is 12.0 Å². The van der Waals surface area contributed by atoms with E-state index in [9.17, 15) is 0 Å². The molecule has 0 aromatic rings. The molecule has 96 valence electrons. The van der Waals surface area contributed by atoms with E-state index < -0.39 is 0 Å². The van der Waals surface area contributed by atoms with E-state index in [2.05, 4.69) is 51.7 Å². The van der Waals surface area contributed by atoms with Crippen LogP contribution in [-0.4, -0.2) is 23.1 Å². The summed E-state index contributed by atoms with van der Waals surface area (Å²) in [4.78, 5) is 0. The van der Waals surface area contributed by atoms with Crippen LogP contribution in [0.4, 0.5) is 0 Å². The quantitative estimate of drug-likeness (QED) is 0.781. The summed E-state index contributed by atoms with van der Waals surface area (Å²) < 4.78 is 0. The second kappa shape index (κ2) is 6.30. The first kappa shape index (κ1) is 14.4. The Morgan fingerprint density at radius 3 is 2.62 bits per heavy atom. The highest BCUT2D eigenvalue weighted by Crippen LogP contribution is 2.41. The van der Waals surface area contributed by atoms with E-state index in [1.165, 1.54) is 32.2 Å². The molecule has 0 aromatic carbocycles. The lowest BCUT2D eigenvalue weighted by atomic mass is 9.75. The van der Waals surface area contributed by atoms with Crippen LogP contribution in [0.3, 0.4) is 0 Å². The molecule has 0 radical (unpaired) electrons. The average molecular weight is 243 g/mol. The molecule has 0 aromatic heterocycles. The molecule has 0 amide bonds. The van der Waals surface area contributed by atoms with E-state index in [0.29, 0.717) is 5.41 Å². The Morgan fingerprint density at radius 2 is 2.06 bits per heavy atom. The van der Waals surface area contributed by atoms with Gasteiger partial charge in [0.2, 0.25) is 0 Å². The summed E-state index contributed by atoms with van der Waals surface area (Å²) >= 11 is 2.17. The first-order chi connectivity index (χ1) is 7.44. The second-order valence-electron chi connectivity index (χ2n) is 6.19. The zero-order chi connectivity index (χ0) is 12.2. The second-order valence-corrected chi connectivity index (χ2v) is 8.01. The van der Waals surface area contributed by atoms with Gasteiger partial charge in [0, 0.05) is 11.3 Å². The van der Waals surface area contributed by atoms with Gasteiger partial charge in [0.15, 0.2) is 0 Å². The van der Waals surface area contributed by atoms with Crippen LogP contribution < -0.4 is 5.32 Å². The van der Waals surface area contributed by atoms with Gasteiger partial charge in [0.05, 0.1) is 0 Å². The first-order valence-corrected chi connectivity index (χ1v) is 7.78. The fourth-order valence-corrected chi connectivity index (χ4v) is 4.25. The van der Waals surface area contributed by atoms with Crippen molar-refractivity contribution in [2.75, 3.05) is 6.54 Å². The van der Waals surface area contributed by atoms with Crippen LogP contribution in [0.15, 0.2) is 0 Å². The first-order valence-electron chi connectivity index (χ1n) is 6.83. The lowest BCUT2D eigenvalue weighted by molar-refractivity contribution is 0.214. The maximum atomic E-state index is 3.74. The fourth-order valence-electron chi connectivity index (χ4n) is 2.58. The van der Waals surface area contributed by atoms with Crippen molar-refractivity contribution in [3.05, 3.63) is 0 Å². The number of hydrogen-bond donors (Lipinski definition) is 1. The van der Waals surface area contributed by atoms with Crippen LogP contribution in [0.25, 0.3) is 0 Å². The Labute approximate surface area is 106 Å². The molecule has 1 rings (SSSR count). The predicted octanol–water partition coefficient (Wildman–Crippen LogP) is 4.07. The summed E-state index contributed by atoms with van der Waals surface area (Å²) in [6.45, 7) is 12.9. The van der Waals surface area contributed by atoms with Crippen LogP contribution in [0.5, 0.6) is 0 Å². The third-order valence-electron chi connectivity index (χ3n) is 3.44. The summed E-state index contributed by atoms with van der Waals surface area (Å²) in [6, 6.07) is 0.750. The lowest BCUT2D eigenvalue weighted by Gasteiger charge is -2.41. The Bertz CT molecular complexity index is 201. The Kier molecular flexibility index (Phi) is 5.66. The molecular weight excluding hydrogens is 214 g/mol. The van der Waals surface area contributed by atoms with Gasteiger partial charge in [-0.25, -0.2) is 0 Å². The van der Waals surface area contributed by atoms with E-state index in [1.54, 1.807) is 0 Å². The molecular formula is C14H29NS. The predicted molar refractivity (Wildman–Crippen MR) is 76.2 cm³/mol. The van der Waals surface area contributed by atoms with E-state index >= 15 is 0 Å². The fraction of sp³-hybridized carbons (Fsp3) is 1.00. The molecule has 2 atom stereocenters. The van der Waals surface area contributed by atoms with Gasteiger partial charge in [-0.3, -0.25) is 0 Å². The molecule has 16 heavy (non-hydrogen) atoms. The van der Waals surface area contributed by atoms with Gasteiger partial charge in [0.25, 0.3) is 0 Å². The van der Waals surface area contributed by atoms with Crippen molar-refractivity contribution in [2.45, 2.75) is 76.8 Å². The molecule has 1 nitrogen and oxygen atoms in total. The zero-order valence-electron chi connectivity index (χ0n) is 11.7. The summed E-state index contributed by atoms with van der Waals surface area (Å²) in [7, 11) is 0. The average Bonchev–Trinajstić information content (AvgIpc) is 2.14. The van der Waals surface area contributed by atoms with Crippen LogP contribution in [0, 0.1) is 5.41 Å². The molecule has 2 heteroatoms. The molecule has 1 aliphatic carbocycles. The highest BCUT2D eigenvalue weighted by Gasteiger charge is 2.35. The van der Waals surface area contributed by atoms with Crippen LogP contribution >= 0.6 is 11.8 Å². The molecule has 1 saturated carbocycles. The monoisotopic (exact) mass is 243 g/mol. The maximum absolute atomic E-state index is 3.74. The molecule has 1 fully saturated rings. The third kappa shape index (κ3) is 4.67. The molecule has 0 spiro atoms. The SMILES string of the molecule is CCCNC1CCC(C)(C)CC1SC(C)C. The summed E-state index contributed by atoms with van der Waals surface area (Å²) in [5.41, 5.74) is 0.553. The minimum atomic E-state index is 0.553. The van der Waals surface area contributed by atoms with Crippen molar-refractivity contribution in [3.63, 3.8) is 0 Å². The molecule has 0 heterocycles. The van der Waals surface area contributed by atoms with E-state index in [1.807, 2.05) is 0 Å². The van der Waals surface area contributed by atoms with Crippen molar-refractivity contribution in [3.8, 4) is 0 Å². The van der Waals surface area contributed by atoms with Gasteiger partial charge in [-0.15, -0.1) is 0 Å². The van der Waals surface area contributed by atoms with Crippen molar-refractivity contribution in [2.24, 2.45) is 5.41 Å². The summed E-state index contributed by atoms with van der Waals surface area (Å²) in [5, 5.41) is 5.31. The van der Waals surface area contributed by atoms with Crippen LogP contribution in [0.1, 0.15) is 60.3 Å². The number of hydrogen-bond acceptors (Lipinski definition) is 2. The molecule has 0 aliphatic heterocycles. The zero-order valence-corrected chi connectivity index (χ0v) is 12.5. The molecule has 2 unspecified atom stereocenters. The third-order valence-corrected chi connectivity index (χ3v) is 4.83. The van der Waals surface area contributed by atoms with Gasteiger partial charge < -0.3 is 5.32 Å². The normalized spacial score (nSPS) is 29.6. The highest BCUT2D eigenvalue weighted by molar-refractivity contribution is 8.00. The van der Waals surface area contributed by atoms with Crippen molar-refractivity contribution in [1.29, 1.82) is 0 Å². The summed E-state index contributed by atoms with van der Waals surface area (Å²) in [6.07, 6.45) is 5.36. The largest absolute Gasteiger partial charge is 0.313 e. The van der Waals surface area contributed by atoms with Gasteiger partial charge in [-0.1, -0.05) is 34.6 Å². The molecule has 1 N–H and O–H groups in total. The minimum Gasteiger partial charge on any atom is -0.313 e. The maximum Gasteiger partial charge on any atom is 0.0208 e. The van der Waals surface area contributed by atoms with Crippen molar-refractivity contribution < 1.29 is 0 Å². The number of rotatable bonds is 5. The Morgan fingerprint density at radius 1 is 1.38 bits per heavy atom. The van der Waals surface area contributed by atoms with Crippen LogP contribution in [-0.2, 0) is 0 Å². The summed E-state index contributed by atoms with van der Waals surface area (Å²) in [5.74, 6) is 0. The van der Waals surface area contributed by atoms with Gasteiger partial charge in [-0.2, -0.15) is 11.8 Å². The molecule has 1 aliphatic rings. The lowest BCUT2D eigenvalue weighted by Crippen LogP contribution is -2.45. The minimum absolute atomic E-state index is 0.553. The Hall–Kier alpha value is 0.310. The Balaban J connectivity index is 2.53. The van der Waals surface area contributed by atoms with Crippen molar-refractivity contribution in [1.82, 2.24) is 5.32 Å². The molecule has 0 saturated heterocycles. The van der Waals surface area contributed by atoms with E-state index in [-0.39, 0.29) is 0 Å². The number of thioether (sulfide) groups is 1. The standard InChI is InChI=1S/C14H29NS/c1-6-9-15-12-7-8-14(4,5)10-13(12)16-11(2)3/h11-13,15H,6-10H2,1-5H3. The van der Waals surface area contributed by atoms with E-state index in [4.69, 9.17) is 0 Å². The highest BCUT2D eigenvalue weighted by atomic mass is 32.2. The van der Waals surface area contributed by atoms with Gasteiger partial charge in [0.1, 0.15) is 0 Å².